The van der Waals surface area contributed by atoms with Gasteiger partial charge in [0.2, 0.25) is 17.7 Å². The molecule has 0 spiro atoms. The third kappa shape index (κ3) is 3.59. The van der Waals surface area contributed by atoms with Crippen molar-refractivity contribution in [3.8, 4) is 0 Å². The highest BCUT2D eigenvalue weighted by molar-refractivity contribution is 7.22. The number of nitrogens with one attached hydrogen (secondary N) is 1. The summed E-state index contributed by atoms with van der Waals surface area (Å²) in [5, 5.41) is 3.36. The minimum atomic E-state index is -0.811. The third-order valence-corrected chi connectivity index (χ3v) is 6.64. The molecule has 0 bridgehead atoms. The lowest BCUT2D eigenvalue weighted by molar-refractivity contribution is -0.147. The van der Waals surface area contributed by atoms with Gasteiger partial charge in [0, 0.05) is 0 Å². The first kappa shape index (κ1) is 19.8. The Kier molecular flexibility index (Phi) is 5.25. The largest absolute Gasteiger partial charge is 0.300 e. The quantitative estimate of drug-likeness (QED) is 0.598. The molecule has 1 aromatic carbocycles. The number of allylic oxidation sites excluding steroid dienone is 2. The van der Waals surface area contributed by atoms with Crippen LogP contribution in [-0.4, -0.2) is 33.6 Å². The Morgan fingerprint density at radius 1 is 1.21 bits per heavy atom. The zero-order valence-corrected chi connectivity index (χ0v) is 17.7. The lowest BCUT2D eigenvalue weighted by atomic mass is 9.85. The summed E-state index contributed by atoms with van der Waals surface area (Å²) >= 11 is 1.40. The van der Waals surface area contributed by atoms with E-state index in [0.717, 1.165) is 15.8 Å². The van der Waals surface area contributed by atoms with Gasteiger partial charge in [0.05, 0.1) is 22.1 Å². The first-order valence-electron chi connectivity index (χ1n) is 10.1. The predicted molar refractivity (Wildman–Crippen MR) is 113 cm³/mol. The predicted octanol–water partition coefficient (Wildman–Crippen LogP) is 3.91. The number of thiazole rings is 1. The summed E-state index contributed by atoms with van der Waals surface area (Å²) in [6.07, 6.45) is 5.48. The van der Waals surface area contributed by atoms with Crippen molar-refractivity contribution < 1.29 is 14.4 Å². The molecular weight excluding hydrogens is 386 g/mol. The fourth-order valence-electron chi connectivity index (χ4n) is 4.24. The summed E-state index contributed by atoms with van der Waals surface area (Å²) in [5.41, 5.74) is 1.90. The van der Waals surface area contributed by atoms with E-state index in [2.05, 4.69) is 10.3 Å². The summed E-state index contributed by atoms with van der Waals surface area (Å²) in [7, 11) is 0. The second-order valence-corrected chi connectivity index (χ2v) is 9.31. The number of carbonyl (C=O) groups is 3. The molecule has 3 amide bonds. The summed E-state index contributed by atoms with van der Waals surface area (Å²) in [6.45, 7) is 5.95. The van der Waals surface area contributed by atoms with Gasteiger partial charge in [0.15, 0.2) is 5.13 Å². The van der Waals surface area contributed by atoms with Gasteiger partial charge in [-0.05, 0) is 43.7 Å². The third-order valence-electron chi connectivity index (χ3n) is 5.70. The molecule has 1 aromatic heterocycles. The fraction of sp³-hybridized carbons (Fsp3) is 0.455. The summed E-state index contributed by atoms with van der Waals surface area (Å²) < 4.78 is 0.992. The second-order valence-electron chi connectivity index (χ2n) is 8.28. The number of benzene rings is 1. The van der Waals surface area contributed by atoms with Crippen LogP contribution in [0.1, 0.15) is 38.7 Å². The highest BCUT2D eigenvalue weighted by Crippen LogP contribution is 2.37. The normalized spacial score (nSPS) is 22.4. The van der Waals surface area contributed by atoms with Gasteiger partial charge in [-0.2, -0.15) is 0 Å². The van der Waals surface area contributed by atoms with Crippen LogP contribution in [0, 0.1) is 24.7 Å². The van der Waals surface area contributed by atoms with Gasteiger partial charge in [0.25, 0.3) is 0 Å². The Labute approximate surface area is 174 Å². The molecule has 152 valence electrons. The number of hydrogen-bond donors (Lipinski definition) is 1. The van der Waals surface area contributed by atoms with Crippen LogP contribution in [0.5, 0.6) is 0 Å². The van der Waals surface area contributed by atoms with Gasteiger partial charge in [-0.25, -0.2) is 4.98 Å². The van der Waals surface area contributed by atoms with Crippen molar-refractivity contribution in [1.82, 2.24) is 9.88 Å². The zero-order valence-electron chi connectivity index (χ0n) is 16.8. The van der Waals surface area contributed by atoms with Crippen molar-refractivity contribution in [2.45, 2.75) is 46.1 Å². The minimum Gasteiger partial charge on any atom is -0.300 e. The van der Waals surface area contributed by atoms with Crippen LogP contribution in [0.4, 0.5) is 5.13 Å². The lowest BCUT2D eigenvalue weighted by Gasteiger charge is -2.26. The topological polar surface area (TPSA) is 79.4 Å². The second kappa shape index (κ2) is 7.71. The number of imide groups is 1. The Balaban J connectivity index is 1.60. The number of nitrogens with zero attached hydrogens (tertiary/aromatic N) is 2. The van der Waals surface area contributed by atoms with Gasteiger partial charge in [0.1, 0.15) is 6.04 Å². The maximum Gasteiger partial charge on any atom is 0.249 e. The smallest absolute Gasteiger partial charge is 0.249 e. The van der Waals surface area contributed by atoms with Crippen LogP contribution < -0.4 is 5.32 Å². The van der Waals surface area contributed by atoms with Crippen LogP contribution in [0.25, 0.3) is 10.2 Å². The number of anilines is 1. The Bertz CT molecular complexity index is 984. The van der Waals surface area contributed by atoms with Crippen LogP contribution >= 0.6 is 11.3 Å². The number of carbonyl (C=O) groups excluding carboxylic acids is 3. The monoisotopic (exact) mass is 411 g/mol. The molecule has 2 heterocycles. The molecule has 1 aliphatic carbocycles. The van der Waals surface area contributed by atoms with Crippen LogP contribution in [0.3, 0.4) is 0 Å². The van der Waals surface area contributed by atoms with Gasteiger partial charge >= 0.3 is 0 Å². The molecule has 2 aliphatic rings. The molecule has 1 N–H and O–H groups in total. The Morgan fingerprint density at radius 2 is 1.86 bits per heavy atom. The van der Waals surface area contributed by atoms with Gasteiger partial charge in [-0.1, -0.05) is 49.5 Å². The number of hydrogen-bond acceptors (Lipinski definition) is 5. The number of likely N-dealkylation sites (tertiary alicyclic amines) is 1. The molecule has 7 heteroatoms. The van der Waals surface area contributed by atoms with Crippen molar-refractivity contribution in [2.75, 3.05) is 5.32 Å². The first-order chi connectivity index (χ1) is 13.9. The molecular formula is C22H25N3O3S. The number of aryl methyl sites for hydroxylation is 1. The molecule has 2 aromatic rings. The van der Waals surface area contributed by atoms with E-state index in [9.17, 15) is 14.4 Å². The van der Waals surface area contributed by atoms with Crippen molar-refractivity contribution in [3.05, 3.63) is 35.9 Å². The van der Waals surface area contributed by atoms with E-state index in [4.69, 9.17) is 0 Å². The average molecular weight is 412 g/mol. The lowest BCUT2D eigenvalue weighted by Crippen LogP contribution is -2.48. The molecule has 0 saturated carbocycles. The zero-order chi connectivity index (χ0) is 20.7. The van der Waals surface area contributed by atoms with Crippen molar-refractivity contribution in [3.63, 3.8) is 0 Å². The summed E-state index contributed by atoms with van der Waals surface area (Å²) in [5.74, 6) is -1.29. The van der Waals surface area contributed by atoms with Crippen LogP contribution in [0.15, 0.2) is 30.4 Å². The highest BCUT2D eigenvalue weighted by atomic mass is 32.1. The molecule has 1 saturated heterocycles. The van der Waals surface area contributed by atoms with E-state index < -0.39 is 6.04 Å². The van der Waals surface area contributed by atoms with Crippen LogP contribution in [-0.2, 0) is 14.4 Å². The van der Waals surface area contributed by atoms with Crippen LogP contribution in [0.2, 0.25) is 0 Å². The summed E-state index contributed by atoms with van der Waals surface area (Å²) in [6, 6.07) is 5.09. The summed E-state index contributed by atoms with van der Waals surface area (Å²) in [4.78, 5) is 44.9. The maximum absolute atomic E-state index is 13.2. The van der Waals surface area contributed by atoms with E-state index in [-0.39, 0.29) is 35.5 Å². The molecule has 4 rings (SSSR count). The van der Waals surface area contributed by atoms with Gasteiger partial charge in [-0.15, -0.1) is 0 Å². The van der Waals surface area contributed by atoms with Crippen molar-refractivity contribution in [2.24, 2.45) is 17.8 Å². The van der Waals surface area contributed by atoms with Gasteiger partial charge < -0.3 is 5.32 Å². The maximum atomic E-state index is 13.2. The van der Waals surface area contributed by atoms with E-state index in [1.165, 1.54) is 16.2 Å². The molecule has 29 heavy (non-hydrogen) atoms. The van der Waals surface area contributed by atoms with E-state index in [1.54, 1.807) is 0 Å². The fourth-order valence-corrected chi connectivity index (χ4v) is 5.18. The number of amides is 3. The Morgan fingerprint density at radius 3 is 2.45 bits per heavy atom. The first-order valence-corrected chi connectivity index (χ1v) is 10.9. The van der Waals surface area contributed by atoms with Crippen molar-refractivity contribution in [1.29, 1.82) is 0 Å². The van der Waals surface area contributed by atoms with Crippen molar-refractivity contribution >= 4 is 44.4 Å². The SMILES string of the molecule is Cc1cccc2sc(NC(=O)[C@H](CC(C)C)N3C(=O)[C@H]4CC=CC[C@H]4C3=O)nc12. The number of aromatic nitrogens is 1. The molecule has 1 aliphatic heterocycles. The van der Waals surface area contributed by atoms with E-state index in [0.29, 0.717) is 24.4 Å². The van der Waals surface area contributed by atoms with E-state index in [1.807, 2.05) is 51.1 Å². The molecule has 0 unspecified atom stereocenters. The number of para-hydroxylation sites is 1. The van der Waals surface area contributed by atoms with E-state index >= 15 is 0 Å². The number of rotatable bonds is 5. The standard InChI is InChI=1S/C22H25N3O3S/c1-12(2)11-16(25-20(27)14-8-4-5-9-15(14)21(25)28)19(26)24-22-23-18-13(3)7-6-10-17(18)29-22/h4-7,10,12,14-16H,8-9,11H2,1-3H3,(H,23,24,26)/t14-,15+,16-/m0/s1. The molecule has 6 nitrogen and oxygen atoms in total. The number of fused-ring (bicyclic) bond motifs is 2. The van der Waals surface area contributed by atoms with Gasteiger partial charge in [-0.3, -0.25) is 19.3 Å². The molecule has 1 fully saturated rings. The molecule has 3 atom stereocenters. The Hall–Kier alpha value is -2.54. The highest BCUT2D eigenvalue weighted by Gasteiger charge is 2.51. The average Bonchev–Trinajstić information content (AvgIpc) is 3.20. The minimum absolute atomic E-state index is 0.157. The molecule has 0 radical (unpaired) electrons.